The number of aromatic nitrogens is 2. The molecule has 0 spiro atoms. The van der Waals surface area contributed by atoms with Crippen LogP contribution in [0.15, 0.2) is 60.8 Å². The maximum absolute atomic E-state index is 15.2. The molecular weight excluding hydrogens is 490 g/mol. The van der Waals surface area contributed by atoms with Crippen LogP contribution in [0.2, 0.25) is 0 Å². The molecule has 0 saturated carbocycles. The smallest absolute Gasteiger partial charge is 0.374 e. The van der Waals surface area contributed by atoms with Crippen molar-refractivity contribution in [2.75, 3.05) is 10.6 Å². The highest BCUT2D eigenvalue weighted by molar-refractivity contribution is 6.00. The number of urea groups is 1. The zero-order valence-corrected chi connectivity index (χ0v) is 19.4. The number of para-hydroxylation sites is 1. The summed E-state index contributed by atoms with van der Waals surface area (Å²) >= 11 is 0. The predicted octanol–water partition coefficient (Wildman–Crippen LogP) is 5.95. The number of carbonyl (C=O) groups excluding carboxylic acids is 1. The van der Waals surface area contributed by atoms with Gasteiger partial charge in [-0.1, -0.05) is 24.3 Å². The highest BCUT2D eigenvalue weighted by Crippen LogP contribution is 2.40. The molecule has 4 aromatic rings. The standard InChI is InChI=1S/C26H21F4N5O2/c1-13-11-31-23(33-13)17-9-8-15(18-12-32-24(36)22(17)18)16-7-6-14(10-20(16)27)34-25(37)35-21-5-3-2-4-19(21)26(28,29)30/h2-11,24,32,36H,12H2,1H3,(H,31,33)(H2,34,35,37). The van der Waals surface area contributed by atoms with Crippen molar-refractivity contribution in [2.45, 2.75) is 25.9 Å². The van der Waals surface area contributed by atoms with E-state index in [0.717, 1.165) is 23.9 Å². The van der Waals surface area contributed by atoms with Crippen LogP contribution in [0.5, 0.6) is 0 Å². The normalized spacial score (nSPS) is 14.9. The van der Waals surface area contributed by atoms with Crippen LogP contribution in [-0.2, 0) is 12.7 Å². The third-order valence-electron chi connectivity index (χ3n) is 6.06. The molecule has 5 N–H and O–H groups in total. The van der Waals surface area contributed by atoms with Gasteiger partial charge in [0.05, 0.1) is 11.3 Å². The maximum atomic E-state index is 15.2. The number of hydrogen-bond acceptors (Lipinski definition) is 4. The van der Waals surface area contributed by atoms with Crippen molar-refractivity contribution in [3.8, 4) is 22.5 Å². The van der Waals surface area contributed by atoms with Gasteiger partial charge >= 0.3 is 12.2 Å². The molecule has 0 saturated heterocycles. The van der Waals surface area contributed by atoms with Gasteiger partial charge in [0.2, 0.25) is 0 Å². The largest absolute Gasteiger partial charge is 0.418 e. The number of rotatable bonds is 4. The second-order valence-electron chi connectivity index (χ2n) is 8.57. The summed E-state index contributed by atoms with van der Waals surface area (Å²) in [5.74, 6) is -0.0696. The van der Waals surface area contributed by atoms with Crippen LogP contribution >= 0.6 is 0 Å². The number of anilines is 2. The number of nitrogens with zero attached hydrogens (tertiary/aromatic N) is 1. The summed E-state index contributed by atoms with van der Waals surface area (Å²) in [6.45, 7) is 2.17. The fraction of sp³-hybridized carbons (Fsp3) is 0.154. The summed E-state index contributed by atoms with van der Waals surface area (Å²) < 4.78 is 54.7. The third kappa shape index (κ3) is 4.78. The van der Waals surface area contributed by atoms with Gasteiger partial charge in [0.1, 0.15) is 17.9 Å². The molecule has 37 heavy (non-hydrogen) atoms. The van der Waals surface area contributed by atoms with Gasteiger partial charge in [-0.3, -0.25) is 5.32 Å². The second-order valence-corrected chi connectivity index (χ2v) is 8.57. The number of alkyl halides is 3. The molecule has 1 unspecified atom stereocenters. The third-order valence-corrected chi connectivity index (χ3v) is 6.06. The molecular formula is C26H21F4N5O2. The Hall–Kier alpha value is -4.22. The Kier molecular flexibility index (Phi) is 6.18. The Labute approximate surface area is 208 Å². The van der Waals surface area contributed by atoms with Crippen molar-refractivity contribution in [2.24, 2.45) is 0 Å². The van der Waals surface area contributed by atoms with Crippen LogP contribution in [0.25, 0.3) is 22.5 Å². The summed E-state index contributed by atoms with van der Waals surface area (Å²) in [7, 11) is 0. The van der Waals surface area contributed by atoms with Crippen molar-refractivity contribution >= 4 is 17.4 Å². The van der Waals surface area contributed by atoms with Gasteiger partial charge in [0.25, 0.3) is 0 Å². The first-order valence-corrected chi connectivity index (χ1v) is 11.2. The van der Waals surface area contributed by atoms with Gasteiger partial charge in [-0.2, -0.15) is 13.2 Å². The van der Waals surface area contributed by atoms with E-state index in [2.05, 4.69) is 25.9 Å². The molecule has 0 aliphatic carbocycles. The number of carbonyl (C=O) groups is 1. The van der Waals surface area contributed by atoms with Crippen LogP contribution in [0, 0.1) is 12.7 Å². The lowest BCUT2D eigenvalue weighted by molar-refractivity contribution is -0.136. The summed E-state index contributed by atoms with van der Waals surface area (Å²) in [6.07, 6.45) is -3.93. The fourth-order valence-corrected chi connectivity index (χ4v) is 4.41. The van der Waals surface area contributed by atoms with Crippen molar-refractivity contribution in [1.29, 1.82) is 0 Å². The first kappa shape index (κ1) is 24.5. The number of aromatic amines is 1. The first-order chi connectivity index (χ1) is 17.6. The molecule has 2 heterocycles. The first-order valence-electron chi connectivity index (χ1n) is 11.2. The highest BCUT2D eigenvalue weighted by Gasteiger charge is 2.33. The quantitative estimate of drug-likeness (QED) is 0.219. The van der Waals surface area contributed by atoms with Crippen LogP contribution in [0.1, 0.15) is 28.6 Å². The number of fused-ring (bicyclic) bond motifs is 1. The Morgan fingerprint density at radius 1 is 1.05 bits per heavy atom. The minimum Gasteiger partial charge on any atom is -0.374 e. The molecule has 1 aliphatic rings. The molecule has 0 fully saturated rings. The Balaban J connectivity index is 1.40. The van der Waals surface area contributed by atoms with E-state index in [4.69, 9.17) is 0 Å². The second kappa shape index (κ2) is 9.34. The van der Waals surface area contributed by atoms with Crippen LogP contribution in [0.4, 0.5) is 33.7 Å². The molecule has 190 valence electrons. The summed E-state index contributed by atoms with van der Waals surface area (Å²) in [5, 5.41) is 18.0. The molecule has 7 nitrogen and oxygen atoms in total. The van der Waals surface area contributed by atoms with Crippen molar-refractivity contribution < 1.29 is 27.5 Å². The molecule has 0 bridgehead atoms. The van der Waals surface area contributed by atoms with E-state index in [-0.39, 0.29) is 11.3 Å². The number of aliphatic hydroxyl groups is 1. The van der Waals surface area contributed by atoms with Crippen molar-refractivity contribution in [3.05, 3.63) is 89.0 Å². The average molecular weight is 511 g/mol. The maximum Gasteiger partial charge on any atom is 0.418 e. The number of aryl methyl sites for hydroxylation is 1. The van der Waals surface area contributed by atoms with Gasteiger partial charge in [0.15, 0.2) is 0 Å². The summed E-state index contributed by atoms with van der Waals surface area (Å²) in [6, 6.07) is 11.1. The lowest BCUT2D eigenvalue weighted by atomic mass is 9.92. The van der Waals surface area contributed by atoms with Gasteiger partial charge in [-0.15, -0.1) is 0 Å². The molecule has 5 rings (SSSR count). The van der Waals surface area contributed by atoms with E-state index < -0.39 is 35.5 Å². The van der Waals surface area contributed by atoms with E-state index in [1.165, 1.54) is 24.3 Å². The molecule has 11 heteroatoms. The van der Waals surface area contributed by atoms with Crippen molar-refractivity contribution in [3.63, 3.8) is 0 Å². The number of imidazole rings is 1. The van der Waals surface area contributed by atoms with Gasteiger partial charge in [0, 0.05) is 40.8 Å². The topological polar surface area (TPSA) is 102 Å². The van der Waals surface area contributed by atoms with E-state index in [1.54, 1.807) is 18.3 Å². The van der Waals surface area contributed by atoms with E-state index in [0.29, 0.717) is 34.6 Å². The number of amides is 2. The minimum atomic E-state index is -4.65. The molecule has 1 aromatic heterocycles. The minimum absolute atomic E-state index is 0.0562. The SMILES string of the molecule is Cc1cnc(-c2ccc(-c3ccc(NC(=O)Nc4ccccc4C(F)(F)F)cc3F)c3c2C(O)NC3)[nH]1. The van der Waals surface area contributed by atoms with Gasteiger partial charge in [-0.25, -0.2) is 14.2 Å². The number of benzene rings is 3. The zero-order chi connectivity index (χ0) is 26.3. The van der Waals surface area contributed by atoms with Crippen molar-refractivity contribution in [1.82, 2.24) is 15.3 Å². The van der Waals surface area contributed by atoms with E-state index in [1.807, 2.05) is 6.92 Å². The lowest BCUT2D eigenvalue weighted by Gasteiger charge is -2.15. The van der Waals surface area contributed by atoms with E-state index in [9.17, 15) is 23.1 Å². The number of hydrogen-bond donors (Lipinski definition) is 5. The van der Waals surface area contributed by atoms with Gasteiger partial charge in [-0.05, 0) is 48.4 Å². The van der Waals surface area contributed by atoms with E-state index >= 15 is 4.39 Å². The van der Waals surface area contributed by atoms with Gasteiger partial charge < -0.3 is 20.7 Å². The molecule has 0 radical (unpaired) electrons. The lowest BCUT2D eigenvalue weighted by Crippen LogP contribution is -2.21. The predicted molar refractivity (Wildman–Crippen MR) is 130 cm³/mol. The summed E-state index contributed by atoms with van der Waals surface area (Å²) in [4.78, 5) is 19.8. The number of H-pyrrole nitrogens is 1. The number of aliphatic hydroxyl groups excluding tert-OH is 1. The molecule has 2 amide bonds. The molecule has 1 atom stereocenters. The highest BCUT2D eigenvalue weighted by atomic mass is 19.4. The van der Waals surface area contributed by atoms with Crippen LogP contribution in [-0.4, -0.2) is 21.1 Å². The zero-order valence-electron chi connectivity index (χ0n) is 19.4. The number of nitrogens with one attached hydrogen (secondary N) is 4. The average Bonchev–Trinajstić information content (AvgIpc) is 3.44. The Morgan fingerprint density at radius 3 is 2.49 bits per heavy atom. The van der Waals surface area contributed by atoms with Crippen LogP contribution in [0.3, 0.4) is 0 Å². The molecule has 3 aromatic carbocycles. The Bertz CT molecular complexity index is 1500. The number of halogens is 4. The summed E-state index contributed by atoms with van der Waals surface area (Å²) in [5.41, 5.74) is 2.29. The monoisotopic (exact) mass is 511 g/mol. The molecule has 1 aliphatic heterocycles. The van der Waals surface area contributed by atoms with Crippen LogP contribution < -0.4 is 16.0 Å². The fourth-order valence-electron chi connectivity index (χ4n) is 4.41. The Morgan fingerprint density at radius 2 is 1.78 bits per heavy atom.